The second-order valence-electron chi connectivity index (χ2n) is 2.76. The van der Waals surface area contributed by atoms with Crippen LogP contribution in [0.5, 0.6) is 0 Å². The molecule has 0 aliphatic rings. The molecule has 0 heterocycles. The van der Waals surface area contributed by atoms with Gasteiger partial charge in [0.25, 0.3) is 10.1 Å². The quantitative estimate of drug-likeness (QED) is 0.607. The minimum absolute atomic E-state index is 0.00914. The molecule has 1 aromatic carbocycles. The number of hydrogen-bond donors (Lipinski definition) is 1. The number of benzene rings is 1. The highest BCUT2D eigenvalue weighted by Gasteiger charge is 2.11. The van der Waals surface area contributed by atoms with Gasteiger partial charge in [0, 0.05) is 0 Å². The summed E-state index contributed by atoms with van der Waals surface area (Å²) in [5.74, 6) is -0.0946. The van der Waals surface area contributed by atoms with E-state index in [9.17, 15) is 16.8 Å². The van der Waals surface area contributed by atoms with Crippen LogP contribution in [-0.2, 0) is 30.8 Å². The molecule has 0 aromatic heterocycles. The highest BCUT2D eigenvalue weighted by Crippen LogP contribution is 2.12. The van der Waals surface area contributed by atoms with Gasteiger partial charge in [0.2, 0.25) is 0 Å². The Bertz CT molecular complexity index is 490. The first-order valence-corrected chi connectivity index (χ1v) is 6.74. The molecule has 5 nitrogen and oxygen atoms in total. The molecule has 0 amide bonds. The number of hydrogen-bond acceptors (Lipinski definition) is 5. The molecule has 0 aliphatic heterocycles. The Kier molecular flexibility index (Phi) is 3.83. The first kappa shape index (κ1) is 12.2. The van der Waals surface area contributed by atoms with Crippen molar-refractivity contribution in [2.45, 2.75) is 10.6 Å². The lowest BCUT2D eigenvalue weighted by Gasteiger charge is -2.01. The third kappa shape index (κ3) is 3.29. The van der Waals surface area contributed by atoms with Gasteiger partial charge in [-0.1, -0.05) is 12.1 Å². The van der Waals surface area contributed by atoms with Crippen molar-refractivity contribution >= 4 is 20.8 Å². The standard InChI is InChI=1S/C8H10O5S2/c1-13-15(11,12)8-4-2-7(3-5-8)6-14(9)10/h2-5,14H,6H2,1H3. The summed E-state index contributed by atoms with van der Waals surface area (Å²) in [6.07, 6.45) is 0. The molecule has 1 aromatic rings. The van der Waals surface area contributed by atoms with Crippen molar-refractivity contribution in [3.63, 3.8) is 0 Å². The van der Waals surface area contributed by atoms with Crippen LogP contribution in [0.2, 0.25) is 0 Å². The molecule has 0 spiro atoms. The van der Waals surface area contributed by atoms with Crippen LogP contribution in [0.15, 0.2) is 29.2 Å². The summed E-state index contributed by atoms with van der Waals surface area (Å²) < 4.78 is 47.5. The van der Waals surface area contributed by atoms with Crippen molar-refractivity contribution in [2.24, 2.45) is 0 Å². The van der Waals surface area contributed by atoms with Gasteiger partial charge in [-0.3, -0.25) is 4.18 Å². The van der Waals surface area contributed by atoms with Gasteiger partial charge >= 0.3 is 0 Å². The van der Waals surface area contributed by atoms with Gasteiger partial charge < -0.3 is 0 Å². The van der Waals surface area contributed by atoms with E-state index in [0.29, 0.717) is 5.56 Å². The smallest absolute Gasteiger partial charge is 0.270 e. The molecule has 0 aliphatic carbocycles. The van der Waals surface area contributed by atoms with Gasteiger partial charge in [-0.2, -0.15) is 8.42 Å². The Morgan fingerprint density at radius 2 is 1.73 bits per heavy atom. The molecule has 0 fully saturated rings. The lowest BCUT2D eigenvalue weighted by atomic mass is 10.2. The monoisotopic (exact) mass is 250 g/mol. The van der Waals surface area contributed by atoms with Crippen LogP contribution in [-0.4, -0.2) is 23.9 Å². The highest BCUT2D eigenvalue weighted by molar-refractivity contribution is 7.86. The Morgan fingerprint density at radius 3 is 2.13 bits per heavy atom. The maximum absolute atomic E-state index is 11.2. The molecule has 0 radical (unpaired) electrons. The average Bonchev–Trinajstić information content (AvgIpc) is 2.18. The van der Waals surface area contributed by atoms with Crippen molar-refractivity contribution in [3.05, 3.63) is 29.8 Å². The summed E-state index contributed by atoms with van der Waals surface area (Å²) in [4.78, 5) is 0.00914. The molecule has 0 atom stereocenters. The van der Waals surface area contributed by atoms with E-state index < -0.39 is 20.8 Å². The predicted molar refractivity (Wildman–Crippen MR) is 54.7 cm³/mol. The van der Waals surface area contributed by atoms with Crippen molar-refractivity contribution in [3.8, 4) is 0 Å². The molecular weight excluding hydrogens is 240 g/mol. The molecule has 7 heteroatoms. The van der Waals surface area contributed by atoms with Gasteiger partial charge in [0.05, 0.1) is 17.8 Å². The van der Waals surface area contributed by atoms with E-state index in [4.69, 9.17) is 0 Å². The van der Waals surface area contributed by atoms with E-state index >= 15 is 0 Å². The maximum Gasteiger partial charge on any atom is 0.296 e. The first-order chi connectivity index (χ1) is 6.95. The van der Waals surface area contributed by atoms with Crippen molar-refractivity contribution in [2.75, 3.05) is 7.11 Å². The summed E-state index contributed by atoms with van der Waals surface area (Å²) in [6.45, 7) is 0. The van der Waals surface area contributed by atoms with E-state index in [1.807, 2.05) is 0 Å². The average molecular weight is 250 g/mol. The van der Waals surface area contributed by atoms with Gasteiger partial charge in [-0.15, -0.1) is 0 Å². The van der Waals surface area contributed by atoms with Crippen LogP contribution in [0.1, 0.15) is 5.56 Å². The molecule has 0 bridgehead atoms. The van der Waals surface area contributed by atoms with Gasteiger partial charge in [-0.25, -0.2) is 8.42 Å². The minimum atomic E-state index is -3.69. The van der Waals surface area contributed by atoms with E-state index in [-0.39, 0.29) is 10.6 Å². The van der Waals surface area contributed by atoms with Crippen molar-refractivity contribution < 1.29 is 21.0 Å². The lowest BCUT2D eigenvalue weighted by molar-refractivity contribution is 0.398. The molecule has 84 valence electrons. The number of rotatable bonds is 4. The van der Waals surface area contributed by atoms with Gasteiger partial charge in [0.15, 0.2) is 0 Å². The topological polar surface area (TPSA) is 77.5 Å². The fourth-order valence-electron chi connectivity index (χ4n) is 1.01. The zero-order valence-electron chi connectivity index (χ0n) is 7.91. The first-order valence-electron chi connectivity index (χ1n) is 3.97. The molecule has 15 heavy (non-hydrogen) atoms. The van der Waals surface area contributed by atoms with Crippen LogP contribution >= 0.6 is 0 Å². The normalized spacial score (nSPS) is 11.9. The lowest BCUT2D eigenvalue weighted by Crippen LogP contribution is -2.02. The predicted octanol–water partition coefficient (Wildman–Crippen LogP) is 0.133. The van der Waals surface area contributed by atoms with Crippen LogP contribution in [0.25, 0.3) is 0 Å². The van der Waals surface area contributed by atoms with Gasteiger partial charge in [0.1, 0.15) is 10.7 Å². The maximum atomic E-state index is 11.2. The van der Waals surface area contributed by atoms with E-state index in [2.05, 4.69) is 4.18 Å². The SMILES string of the molecule is COS(=O)(=O)c1ccc(C[SH](=O)=O)cc1. The molecule has 0 saturated heterocycles. The van der Waals surface area contributed by atoms with Crippen molar-refractivity contribution in [1.82, 2.24) is 0 Å². The molecule has 0 unspecified atom stereocenters. The molecule has 0 N–H and O–H groups in total. The summed E-state index contributed by atoms with van der Waals surface area (Å²) in [7, 11) is -5.13. The molecule has 1 rings (SSSR count). The molecule has 0 saturated carbocycles. The molecular formula is C8H10O5S2. The van der Waals surface area contributed by atoms with Crippen LogP contribution < -0.4 is 0 Å². The largest absolute Gasteiger partial charge is 0.296 e. The number of thiol groups is 1. The summed E-state index contributed by atoms with van der Waals surface area (Å²) >= 11 is 0. The second kappa shape index (κ2) is 4.73. The van der Waals surface area contributed by atoms with E-state index in [0.717, 1.165) is 7.11 Å². The fraction of sp³-hybridized carbons (Fsp3) is 0.250. The van der Waals surface area contributed by atoms with Gasteiger partial charge in [-0.05, 0) is 17.7 Å². The summed E-state index contributed by atoms with van der Waals surface area (Å²) in [5.41, 5.74) is 0.543. The Balaban J connectivity index is 3.00. The van der Waals surface area contributed by atoms with E-state index in [1.165, 1.54) is 24.3 Å². The zero-order chi connectivity index (χ0) is 11.5. The third-order valence-electron chi connectivity index (χ3n) is 1.74. The second-order valence-corrected chi connectivity index (χ2v) is 5.45. The summed E-state index contributed by atoms with van der Waals surface area (Å²) in [5, 5.41) is 0. The summed E-state index contributed by atoms with van der Waals surface area (Å²) in [6, 6.07) is 5.51. The fourth-order valence-corrected chi connectivity index (χ4v) is 2.18. The van der Waals surface area contributed by atoms with E-state index in [1.54, 1.807) is 0 Å². The Morgan fingerprint density at radius 1 is 1.20 bits per heavy atom. The van der Waals surface area contributed by atoms with Crippen LogP contribution in [0, 0.1) is 0 Å². The zero-order valence-corrected chi connectivity index (χ0v) is 9.62. The Labute approximate surface area is 89.8 Å². The van der Waals surface area contributed by atoms with Crippen LogP contribution in [0.3, 0.4) is 0 Å². The minimum Gasteiger partial charge on any atom is -0.270 e. The Hall–Kier alpha value is -0.920. The third-order valence-corrected chi connectivity index (χ3v) is 3.65. The van der Waals surface area contributed by atoms with Crippen LogP contribution in [0.4, 0.5) is 0 Å². The highest BCUT2D eigenvalue weighted by atomic mass is 32.2. The van der Waals surface area contributed by atoms with Crippen molar-refractivity contribution in [1.29, 1.82) is 0 Å².